The molecule has 0 fully saturated rings. The van der Waals surface area contributed by atoms with Crippen molar-refractivity contribution in [2.45, 2.75) is 13.5 Å². The number of benzene rings is 1. The molecule has 0 aliphatic heterocycles. The third-order valence-electron chi connectivity index (χ3n) is 2.93. The van der Waals surface area contributed by atoms with E-state index in [0.717, 1.165) is 23.5 Å². The Morgan fingerprint density at radius 1 is 1.28 bits per heavy atom. The molecule has 0 spiro atoms. The van der Waals surface area contributed by atoms with Crippen LogP contribution in [0.15, 0.2) is 36.7 Å². The maximum Gasteiger partial charge on any atom is 0.157 e. The van der Waals surface area contributed by atoms with Crippen molar-refractivity contribution in [1.29, 1.82) is 0 Å². The van der Waals surface area contributed by atoms with Gasteiger partial charge in [0.25, 0.3) is 0 Å². The smallest absolute Gasteiger partial charge is 0.157 e. The summed E-state index contributed by atoms with van der Waals surface area (Å²) in [6.07, 6.45) is 1.62. The highest BCUT2D eigenvalue weighted by Crippen LogP contribution is 2.15. The quantitative estimate of drug-likeness (QED) is 0.717. The first-order valence-corrected chi connectivity index (χ1v) is 6.11. The topological polar surface area (TPSA) is 46.5 Å². The van der Waals surface area contributed by atoms with E-state index in [1.165, 1.54) is 5.56 Å². The molecule has 0 saturated heterocycles. The zero-order chi connectivity index (χ0) is 12.5. The van der Waals surface area contributed by atoms with Gasteiger partial charge in [0.15, 0.2) is 4.64 Å². The number of imidazole rings is 1. The van der Waals surface area contributed by atoms with Gasteiger partial charge in [-0.1, -0.05) is 42.5 Å². The van der Waals surface area contributed by atoms with Gasteiger partial charge in [-0.15, -0.1) is 0 Å². The van der Waals surface area contributed by atoms with Crippen LogP contribution >= 0.6 is 12.2 Å². The Morgan fingerprint density at radius 3 is 2.83 bits per heavy atom. The zero-order valence-electron chi connectivity index (χ0n) is 9.92. The summed E-state index contributed by atoms with van der Waals surface area (Å²) in [7, 11) is 0. The van der Waals surface area contributed by atoms with Crippen LogP contribution in [0.1, 0.15) is 11.4 Å². The average Bonchev–Trinajstić information content (AvgIpc) is 2.70. The first-order valence-electron chi connectivity index (χ1n) is 5.70. The summed E-state index contributed by atoms with van der Waals surface area (Å²) in [5.41, 5.74) is 2.92. The third kappa shape index (κ3) is 1.82. The number of nitrogens with one attached hydrogen (secondary N) is 1. The van der Waals surface area contributed by atoms with Gasteiger partial charge in [-0.3, -0.25) is 0 Å². The van der Waals surface area contributed by atoms with Gasteiger partial charge in [0.05, 0.1) is 12.9 Å². The van der Waals surface area contributed by atoms with Crippen LogP contribution in [-0.4, -0.2) is 19.5 Å². The number of aromatic nitrogens is 4. The second-order valence-corrected chi connectivity index (χ2v) is 4.52. The number of rotatable bonds is 2. The highest BCUT2D eigenvalue weighted by atomic mass is 32.1. The van der Waals surface area contributed by atoms with Gasteiger partial charge >= 0.3 is 0 Å². The molecule has 3 aromatic rings. The number of hydrogen-bond donors (Lipinski definition) is 1. The lowest BCUT2D eigenvalue weighted by Crippen LogP contribution is -2.02. The van der Waals surface area contributed by atoms with Gasteiger partial charge < -0.3 is 9.55 Å². The van der Waals surface area contributed by atoms with Gasteiger partial charge in [-0.25, -0.2) is 9.97 Å². The monoisotopic (exact) mass is 256 g/mol. The van der Waals surface area contributed by atoms with E-state index in [0.29, 0.717) is 4.64 Å². The van der Waals surface area contributed by atoms with Crippen molar-refractivity contribution in [3.05, 3.63) is 52.7 Å². The Balaban J connectivity index is 2.15. The van der Waals surface area contributed by atoms with Crippen LogP contribution in [0.4, 0.5) is 0 Å². The highest BCUT2D eigenvalue weighted by molar-refractivity contribution is 7.71. The van der Waals surface area contributed by atoms with E-state index in [1.54, 1.807) is 6.33 Å². The molecule has 0 bridgehead atoms. The molecule has 3 rings (SSSR count). The molecule has 0 aliphatic carbocycles. The van der Waals surface area contributed by atoms with E-state index < -0.39 is 0 Å². The third-order valence-corrected chi connectivity index (χ3v) is 3.23. The SMILES string of the molecule is Cc1nc2c(=S)nc[nH]c2n1Cc1ccccc1. The van der Waals surface area contributed by atoms with Crippen molar-refractivity contribution < 1.29 is 0 Å². The molecule has 0 atom stereocenters. The standard InChI is InChI=1S/C13H12N4S/c1-9-16-11-12(14-8-15-13(11)18)17(9)7-10-5-3-2-4-6-10/h2-6,8H,7H2,1H3,(H,14,15,18). The van der Waals surface area contributed by atoms with Crippen molar-refractivity contribution in [1.82, 2.24) is 19.5 Å². The summed E-state index contributed by atoms with van der Waals surface area (Å²) < 4.78 is 2.65. The van der Waals surface area contributed by atoms with E-state index >= 15 is 0 Å². The maximum absolute atomic E-state index is 5.18. The Kier molecular flexibility index (Phi) is 2.68. The second kappa shape index (κ2) is 4.34. The van der Waals surface area contributed by atoms with E-state index in [-0.39, 0.29) is 0 Å². The molecule has 0 unspecified atom stereocenters. The molecule has 0 saturated carbocycles. The fourth-order valence-electron chi connectivity index (χ4n) is 2.03. The van der Waals surface area contributed by atoms with Crippen LogP contribution in [0.5, 0.6) is 0 Å². The summed E-state index contributed by atoms with van der Waals surface area (Å²) in [5, 5.41) is 0. The molecule has 4 nitrogen and oxygen atoms in total. The van der Waals surface area contributed by atoms with E-state index in [9.17, 15) is 0 Å². The van der Waals surface area contributed by atoms with Crippen molar-refractivity contribution in [2.75, 3.05) is 0 Å². The predicted octanol–water partition coefficient (Wildman–Crippen LogP) is 2.85. The molecular weight excluding hydrogens is 244 g/mol. The Labute approximate surface area is 109 Å². The minimum atomic E-state index is 0.540. The van der Waals surface area contributed by atoms with Crippen LogP contribution in [0, 0.1) is 11.6 Å². The number of H-pyrrole nitrogens is 1. The minimum Gasteiger partial charge on any atom is -0.330 e. The van der Waals surface area contributed by atoms with Crippen molar-refractivity contribution in [3.63, 3.8) is 0 Å². The van der Waals surface area contributed by atoms with Crippen molar-refractivity contribution >= 4 is 23.4 Å². The molecule has 90 valence electrons. The molecule has 0 radical (unpaired) electrons. The lowest BCUT2D eigenvalue weighted by Gasteiger charge is -2.06. The van der Waals surface area contributed by atoms with Gasteiger partial charge in [-0.2, -0.15) is 0 Å². The number of hydrogen-bond acceptors (Lipinski definition) is 3. The van der Waals surface area contributed by atoms with Crippen molar-refractivity contribution in [3.8, 4) is 0 Å². The molecule has 2 aromatic heterocycles. The molecular formula is C13H12N4S. The van der Waals surface area contributed by atoms with E-state index in [4.69, 9.17) is 12.2 Å². The summed E-state index contributed by atoms with van der Waals surface area (Å²) in [5.74, 6) is 0.934. The fourth-order valence-corrected chi connectivity index (χ4v) is 2.23. The minimum absolute atomic E-state index is 0.540. The summed E-state index contributed by atoms with van der Waals surface area (Å²) in [4.78, 5) is 11.7. The van der Waals surface area contributed by atoms with Gasteiger partial charge in [0, 0.05) is 0 Å². The largest absolute Gasteiger partial charge is 0.330 e. The number of nitrogens with zero attached hydrogens (tertiary/aromatic N) is 3. The van der Waals surface area contributed by atoms with Crippen LogP contribution in [-0.2, 0) is 6.54 Å². The molecule has 0 aliphatic rings. The fraction of sp³-hybridized carbons (Fsp3) is 0.154. The molecule has 18 heavy (non-hydrogen) atoms. The number of aromatic amines is 1. The molecule has 2 heterocycles. The molecule has 1 N–H and O–H groups in total. The molecule has 5 heteroatoms. The second-order valence-electron chi connectivity index (χ2n) is 4.14. The van der Waals surface area contributed by atoms with E-state index in [1.807, 2.05) is 25.1 Å². The van der Waals surface area contributed by atoms with Gasteiger partial charge in [0.1, 0.15) is 17.0 Å². The van der Waals surface area contributed by atoms with Gasteiger partial charge in [0.2, 0.25) is 0 Å². The Morgan fingerprint density at radius 2 is 2.06 bits per heavy atom. The lowest BCUT2D eigenvalue weighted by atomic mass is 10.2. The average molecular weight is 256 g/mol. The van der Waals surface area contributed by atoms with Crippen LogP contribution in [0.3, 0.4) is 0 Å². The first-order chi connectivity index (χ1) is 8.75. The lowest BCUT2D eigenvalue weighted by molar-refractivity contribution is 0.777. The molecule has 1 aromatic carbocycles. The number of fused-ring (bicyclic) bond motifs is 1. The normalized spacial score (nSPS) is 10.9. The summed E-state index contributed by atoms with van der Waals surface area (Å²) in [6, 6.07) is 10.3. The highest BCUT2D eigenvalue weighted by Gasteiger charge is 2.09. The maximum atomic E-state index is 5.18. The Hall–Kier alpha value is -2.01. The summed E-state index contributed by atoms with van der Waals surface area (Å²) in [6.45, 7) is 2.75. The van der Waals surface area contributed by atoms with Crippen LogP contribution < -0.4 is 0 Å². The first kappa shape index (κ1) is 11.1. The van der Waals surface area contributed by atoms with E-state index in [2.05, 4.69) is 31.7 Å². The Bertz CT molecular complexity index is 743. The number of aryl methyl sites for hydroxylation is 1. The predicted molar refractivity (Wildman–Crippen MR) is 73.0 cm³/mol. The van der Waals surface area contributed by atoms with Crippen molar-refractivity contribution in [2.24, 2.45) is 0 Å². The zero-order valence-corrected chi connectivity index (χ0v) is 10.7. The van der Waals surface area contributed by atoms with Crippen LogP contribution in [0.2, 0.25) is 0 Å². The summed E-state index contributed by atoms with van der Waals surface area (Å²) >= 11 is 5.18. The van der Waals surface area contributed by atoms with Crippen LogP contribution in [0.25, 0.3) is 11.2 Å². The van der Waals surface area contributed by atoms with Gasteiger partial charge in [-0.05, 0) is 12.5 Å². The molecule has 0 amide bonds.